The highest BCUT2D eigenvalue weighted by atomic mass is 32.2. The topological polar surface area (TPSA) is 111 Å². The number of ether oxygens (including phenoxy) is 2. The third-order valence-corrected chi connectivity index (χ3v) is 7.76. The normalized spacial score (nSPS) is 33.6. The number of nitrogens with zero attached hydrogens (tertiary/aromatic N) is 3. The molecule has 1 N–H and O–H groups in total. The number of nitrogens with one attached hydrogen (secondary N) is 1. The molecule has 0 radical (unpaired) electrons. The van der Waals surface area contributed by atoms with Crippen molar-refractivity contribution in [3.8, 4) is 0 Å². The van der Waals surface area contributed by atoms with E-state index in [-0.39, 0.29) is 30.8 Å². The number of aromatic nitrogens is 2. The number of fused-ring (bicyclic) bond motifs is 1. The molecule has 6 atom stereocenters. The molecule has 1 aromatic heterocycles. The maximum atomic E-state index is 13.2. The molecule has 2 saturated carbocycles. The monoisotopic (exact) mass is 488 g/mol. The van der Waals surface area contributed by atoms with E-state index in [0.29, 0.717) is 18.2 Å². The summed E-state index contributed by atoms with van der Waals surface area (Å²) in [5.74, 6) is 0.568. The smallest absolute Gasteiger partial charge is 0.410 e. The van der Waals surface area contributed by atoms with Crippen molar-refractivity contribution in [1.29, 1.82) is 0 Å². The second-order valence-corrected chi connectivity index (χ2v) is 11.2. The molecule has 9 nitrogen and oxygen atoms in total. The Morgan fingerprint density at radius 3 is 2.70 bits per heavy atom. The van der Waals surface area contributed by atoms with Crippen LogP contribution in [0, 0.1) is 11.7 Å². The Balaban J connectivity index is 1.39. The van der Waals surface area contributed by atoms with Crippen LogP contribution in [0.2, 0.25) is 0 Å². The van der Waals surface area contributed by atoms with Gasteiger partial charge in [-0.1, -0.05) is 0 Å². The summed E-state index contributed by atoms with van der Waals surface area (Å²) in [7, 11) is -3.50. The first-order chi connectivity index (χ1) is 15.6. The molecule has 33 heavy (non-hydrogen) atoms. The van der Waals surface area contributed by atoms with E-state index in [2.05, 4.69) is 14.7 Å². The van der Waals surface area contributed by atoms with Crippen molar-refractivity contribution in [2.24, 2.45) is 5.92 Å². The zero-order valence-corrected chi connectivity index (χ0v) is 19.6. The Kier molecular flexibility index (Phi) is 6.88. The van der Waals surface area contributed by atoms with E-state index >= 15 is 0 Å². The fraction of sp³-hybridized carbons (Fsp3) is 0.762. The van der Waals surface area contributed by atoms with Gasteiger partial charge in [0, 0.05) is 17.5 Å². The van der Waals surface area contributed by atoms with Gasteiger partial charge >= 0.3 is 6.09 Å². The van der Waals surface area contributed by atoms with Gasteiger partial charge in [-0.2, -0.15) is 0 Å². The lowest BCUT2D eigenvalue weighted by Gasteiger charge is -2.32. The third kappa shape index (κ3) is 5.27. The molecule has 3 aliphatic rings. The molecule has 184 valence electrons. The molecule has 1 aliphatic heterocycles. The number of carbonyl (C=O) groups is 1. The third-order valence-electron chi connectivity index (χ3n) is 7.03. The number of hydrogen-bond donors (Lipinski definition) is 1. The number of alkyl halides is 1. The van der Waals surface area contributed by atoms with Crippen LogP contribution in [0.5, 0.6) is 0 Å². The van der Waals surface area contributed by atoms with Gasteiger partial charge in [0.1, 0.15) is 19.1 Å². The quantitative estimate of drug-likeness (QED) is 0.595. The van der Waals surface area contributed by atoms with Crippen LogP contribution >= 0.6 is 0 Å². The first kappa shape index (κ1) is 24.2. The maximum absolute atomic E-state index is 13.2. The standard InChI is InChI=1S/C21H30F2N4O5S/c1-13-7-17(26-33(2,29)30)18(27(13)20(28)31-6-5-22)12-32-16-3-4-21(9-14(21)8-16)19-24-10-15(23)11-25-19/h10-11,13-14,16-18,26H,3-9,12H2,1-2H3/t13-,14-,16+,17+,18+,21-/m1/s1. The van der Waals surface area contributed by atoms with Crippen molar-refractivity contribution in [3.05, 3.63) is 24.0 Å². The number of halogens is 2. The summed E-state index contributed by atoms with van der Waals surface area (Å²) in [4.78, 5) is 22.3. The molecule has 1 saturated heterocycles. The number of sulfonamides is 1. The van der Waals surface area contributed by atoms with Gasteiger partial charge in [-0.05, 0) is 44.9 Å². The van der Waals surface area contributed by atoms with E-state index in [1.54, 1.807) is 6.92 Å². The van der Waals surface area contributed by atoms with E-state index in [4.69, 9.17) is 9.47 Å². The van der Waals surface area contributed by atoms with Crippen LogP contribution in [0.4, 0.5) is 13.6 Å². The summed E-state index contributed by atoms with van der Waals surface area (Å²) in [6.07, 6.45) is 6.45. The summed E-state index contributed by atoms with van der Waals surface area (Å²) >= 11 is 0. The molecule has 3 fully saturated rings. The first-order valence-corrected chi connectivity index (χ1v) is 13.1. The van der Waals surface area contributed by atoms with Crippen LogP contribution in [0.15, 0.2) is 12.4 Å². The fourth-order valence-corrected chi connectivity index (χ4v) is 6.27. The minimum absolute atomic E-state index is 0.0513. The predicted molar refractivity (Wildman–Crippen MR) is 114 cm³/mol. The zero-order chi connectivity index (χ0) is 23.8. The van der Waals surface area contributed by atoms with Gasteiger partial charge in [0.05, 0.1) is 37.4 Å². The van der Waals surface area contributed by atoms with Crippen molar-refractivity contribution < 1.29 is 31.5 Å². The summed E-state index contributed by atoms with van der Waals surface area (Å²) < 4.78 is 63.2. The van der Waals surface area contributed by atoms with Gasteiger partial charge in [-0.3, -0.25) is 4.90 Å². The lowest BCUT2D eigenvalue weighted by Crippen LogP contribution is -2.50. The lowest BCUT2D eigenvalue weighted by molar-refractivity contribution is -0.0123. The van der Waals surface area contributed by atoms with E-state index in [9.17, 15) is 22.0 Å². The molecule has 12 heteroatoms. The van der Waals surface area contributed by atoms with Gasteiger partial charge < -0.3 is 9.47 Å². The van der Waals surface area contributed by atoms with Crippen LogP contribution in [0.3, 0.4) is 0 Å². The Morgan fingerprint density at radius 2 is 2.06 bits per heavy atom. The highest BCUT2D eigenvalue weighted by Gasteiger charge is 2.60. The summed E-state index contributed by atoms with van der Waals surface area (Å²) in [5.41, 5.74) is -0.113. The molecule has 2 heterocycles. The largest absolute Gasteiger partial charge is 0.447 e. The molecule has 0 unspecified atom stereocenters. The molecule has 0 aromatic carbocycles. The van der Waals surface area contributed by atoms with Gasteiger partial charge in [0.15, 0.2) is 5.82 Å². The predicted octanol–water partition coefficient (Wildman–Crippen LogP) is 1.93. The van der Waals surface area contributed by atoms with Crippen LogP contribution in [-0.2, 0) is 24.9 Å². The number of likely N-dealkylation sites (tertiary alicyclic amines) is 1. The molecule has 2 aliphatic carbocycles. The van der Waals surface area contributed by atoms with Crippen LogP contribution < -0.4 is 4.72 Å². The minimum Gasteiger partial charge on any atom is -0.447 e. The Hall–Kier alpha value is -1.92. The number of rotatable bonds is 8. The average molecular weight is 489 g/mol. The summed E-state index contributed by atoms with van der Waals surface area (Å²) in [5, 5.41) is 0. The van der Waals surface area contributed by atoms with Crippen LogP contribution in [-0.4, -0.2) is 79.8 Å². The Bertz CT molecular complexity index is 966. The molecule has 1 aromatic rings. The van der Waals surface area contributed by atoms with Gasteiger partial charge in [0.25, 0.3) is 0 Å². The molecule has 0 spiro atoms. The molecule has 4 rings (SSSR count). The van der Waals surface area contributed by atoms with Gasteiger partial charge in [-0.15, -0.1) is 0 Å². The average Bonchev–Trinajstić information content (AvgIpc) is 3.40. The van der Waals surface area contributed by atoms with E-state index in [1.165, 1.54) is 17.3 Å². The highest BCUT2D eigenvalue weighted by molar-refractivity contribution is 7.88. The molecular weight excluding hydrogens is 458 g/mol. The van der Waals surface area contributed by atoms with E-state index in [1.807, 2.05) is 0 Å². The summed E-state index contributed by atoms with van der Waals surface area (Å²) in [6, 6.07) is -1.37. The first-order valence-electron chi connectivity index (χ1n) is 11.2. The van der Waals surface area contributed by atoms with Crippen molar-refractivity contribution in [2.45, 2.75) is 68.7 Å². The second kappa shape index (κ2) is 9.38. The molecular formula is C21H30F2N4O5S. The number of hydrogen-bond acceptors (Lipinski definition) is 7. The van der Waals surface area contributed by atoms with Crippen LogP contribution in [0.1, 0.15) is 44.9 Å². The van der Waals surface area contributed by atoms with Crippen molar-refractivity contribution >= 4 is 16.1 Å². The van der Waals surface area contributed by atoms with Crippen molar-refractivity contribution in [1.82, 2.24) is 19.6 Å². The number of amides is 1. The molecule has 1 amide bonds. The van der Waals surface area contributed by atoms with Gasteiger partial charge in [-0.25, -0.2) is 36.7 Å². The SMILES string of the molecule is C[C@@H]1C[C@H](NS(C)(=O)=O)[C@H](CO[C@H]2CC[C@@]3(c4ncc(F)cn4)C[C@H]3C2)N1C(=O)OCCF. The number of carbonyl (C=O) groups excluding carboxylic acids is 1. The second-order valence-electron chi connectivity index (χ2n) is 9.37. The Labute approximate surface area is 192 Å². The Morgan fingerprint density at radius 1 is 1.33 bits per heavy atom. The van der Waals surface area contributed by atoms with Crippen LogP contribution in [0.25, 0.3) is 0 Å². The lowest BCUT2D eigenvalue weighted by atomic mass is 9.86. The maximum Gasteiger partial charge on any atom is 0.410 e. The highest BCUT2D eigenvalue weighted by Crippen LogP contribution is 2.61. The van der Waals surface area contributed by atoms with E-state index in [0.717, 1.165) is 31.9 Å². The zero-order valence-electron chi connectivity index (χ0n) is 18.7. The molecule has 0 bridgehead atoms. The van der Waals surface area contributed by atoms with Crippen molar-refractivity contribution in [2.75, 3.05) is 26.1 Å². The van der Waals surface area contributed by atoms with E-state index < -0.39 is 40.7 Å². The van der Waals surface area contributed by atoms with Crippen molar-refractivity contribution in [3.63, 3.8) is 0 Å². The summed E-state index contributed by atoms with van der Waals surface area (Å²) in [6.45, 7) is 0.802. The van der Waals surface area contributed by atoms with Gasteiger partial charge in [0.2, 0.25) is 10.0 Å². The minimum atomic E-state index is -3.50. The fourth-order valence-electron chi connectivity index (χ4n) is 5.46.